The van der Waals surface area contributed by atoms with Crippen molar-refractivity contribution in [1.29, 1.82) is 0 Å². The number of aliphatic hydroxyl groups excluding tert-OH is 1. The van der Waals surface area contributed by atoms with E-state index < -0.39 is 6.10 Å². The van der Waals surface area contributed by atoms with E-state index in [0.29, 0.717) is 25.0 Å². The summed E-state index contributed by atoms with van der Waals surface area (Å²) in [4.78, 5) is 14.3. The van der Waals surface area contributed by atoms with E-state index in [9.17, 15) is 5.11 Å². The van der Waals surface area contributed by atoms with Gasteiger partial charge in [-0.3, -0.25) is 0 Å². The molecule has 0 amide bonds. The molecule has 5 N–H and O–H groups in total. The maximum atomic E-state index is 10.2. The number of benzene rings is 1. The lowest BCUT2D eigenvalue weighted by atomic mass is 9.89. The van der Waals surface area contributed by atoms with Crippen molar-refractivity contribution in [2.75, 3.05) is 10.6 Å². The van der Waals surface area contributed by atoms with Crippen LogP contribution >= 0.6 is 0 Å². The molecule has 2 heterocycles. The molecule has 3 atom stereocenters. The standard InChI is InChI=1S/C23H31N7O/c24-18-11-10-16(12-19(18)31)27-23-28-21(25-13-15-6-2-1-3-7-15)20-22(29-23)30(14-26-20)17-8-4-5-9-17/h1-3,6-7,14,16-19,31H,4-5,8-13,24H2,(H2,25,27,28,29). The Hall–Kier alpha value is -2.71. The van der Waals surface area contributed by atoms with Crippen molar-refractivity contribution in [2.45, 2.75) is 75.7 Å². The molecule has 3 unspecified atom stereocenters. The van der Waals surface area contributed by atoms with E-state index >= 15 is 0 Å². The quantitative estimate of drug-likeness (QED) is 0.483. The minimum Gasteiger partial charge on any atom is -0.391 e. The molecular formula is C23H31N7O. The van der Waals surface area contributed by atoms with Crippen molar-refractivity contribution in [2.24, 2.45) is 5.73 Å². The van der Waals surface area contributed by atoms with Crippen molar-refractivity contribution < 1.29 is 5.11 Å². The average molecular weight is 422 g/mol. The third kappa shape index (κ3) is 4.36. The van der Waals surface area contributed by atoms with Crippen LogP contribution < -0.4 is 16.4 Å². The third-order valence-corrected chi connectivity index (χ3v) is 6.64. The monoisotopic (exact) mass is 421 g/mol. The van der Waals surface area contributed by atoms with E-state index in [4.69, 9.17) is 15.7 Å². The molecule has 8 heteroatoms. The van der Waals surface area contributed by atoms with Gasteiger partial charge in [-0.05, 0) is 37.7 Å². The Balaban J connectivity index is 1.45. The maximum Gasteiger partial charge on any atom is 0.227 e. The molecule has 1 aromatic carbocycles. The van der Waals surface area contributed by atoms with Gasteiger partial charge in [0.1, 0.15) is 0 Å². The minimum absolute atomic E-state index is 0.108. The summed E-state index contributed by atoms with van der Waals surface area (Å²) in [6, 6.07) is 10.7. The number of hydrogen-bond acceptors (Lipinski definition) is 7. The van der Waals surface area contributed by atoms with Crippen LogP contribution in [0.15, 0.2) is 36.7 Å². The molecule has 164 valence electrons. The SMILES string of the molecule is NC1CCC(Nc2nc(NCc3ccccc3)c3ncn(C4CCCC4)c3n2)CC1O. The lowest BCUT2D eigenvalue weighted by Crippen LogP contribution is -2.44. The highest BCUT2D eigenvalue weighted by molar-refractivity contribution is 5.84. The summed E-state index contributed by atoms with van der Waals surface area (Å²) in [5, 5.41) is 17.1. The normalized spacial score (nSPS) is 24.5. The molecule has 31 heavy (non-hydrogen) atoms. The van der Waals surface area contributed by atoms with E-state index in [1.807, 2.05) is 24.5 Å². The molecule has 0 radical (unpaired) electrons. The molecule has 2 aliphatic carbocycles. The highest BCUT2D eigenvalue weighted by Crippen LogP contribution is 2.33. The molecule has 3 aromatic rings. The van der Waals surface area contributed by atoms with Gasteiger partial charge in [-0.1, -0.05) is 43.2 Å². The molecule has 2 aliphatic rings. The summed E-state index contributed by atoms with van der Waals surface area (Å²) in [6.07, 6.45) is 8.55. The fraction of sp³-hybridized carbons (Fsp3) is 0.522. The first-order valence-corrected chi connectivity index (χ1v) is 11.4. The van der Waals surface area contributed by atoms with Crippen LogP contribution in [0.5, 0.6) is 0 Å². The van der Waals surface area contributed by atoms with Gasteiger partial charge in [-0.25, -0.2) is 4.98 Å². The van der Waals surface area contributed by atoms with Crippen LogP contribution in [0.4, 0.5) is 11.8 Å². The van der Waals surface area contributed by atoms with Gasteiger partial charge in [-0.15, -0.1) is 0 Å². The number of nitrogens with zero attached hydrogens (tertiary/aromatic N) is 4. The van der Waals surface area contributed by atoms with Crippen LogP contribution in [-0.2, 0) is 6.54 Å². The predicted octanol–water partition coefficient (Wildman–Crippen LogP) is 3.21. The highest BCUT2D eigenvalue weighted by atomic mass is 16.3. The smallest absolute Gasteiger partial charge is 0.227 e. The van der Waals surface area contributed by atoms with Gasteiger partial charge >= 0.3 is 0 Å². The predicted molar refractivity (Wildman–Crippen MR) is 122 cm³/mol. The first kappa shape index (κ1) is 20.2. The number of nitrogens with one attached hydrogen (secondary N) is 2. The Bertz CT molecular complexity index is 1020. The van der Waals surface area contributed by atoms with Gasteiger partial charge in [0.25, 0.3) is 0 Å². The summed E-state index contributed by atoms with van der Waals surface area (Å²) in [5.74, 6) is 1.32. The van der Waals surface area contributed by atoms with Gasteiger partial charge in [0.05, 0.1) is 12.4 Å². The van der Waals surface area contributed by atoms with Gasteiger partial charge in [0, 0.05) is 24.7 Å². The maximum absolute atomic E-state index is 10.2. The van der Waals surface area contributed by atoms with Crippen LogP contribution in [-0.4, -0.2) is 42.8 Å². The third-order valence-electron chi connectivity index (χ3n) is 6.64. The van der Waals surface area contributed by atoms with Crippen LogP contribution in [0.25, 0.3) is 11.2 Å². The average Bonchev–Trinajstić information content (AvgIpc) is 3.45. The zero-order chi connectivity index (χ0) is 21.2. The molecule has 2 saturated carbocycles. The largest absolute Gasteiger partial charge is 0.391 e. The summed E-state index contributed by atoms with van der Waals surface area (Å²) in [7, 11) is 0. The van der Waals surface area contributed by atoms with Gasteiger partial charge < -0.3 is 26.0 Å². The lowest BCUT2D eigenvalue weighted by molar-refractivity contribution is 0.103. The van der Waals surface area contributed by atoms with E-state index in [1.54, 1.807) is 0 Å². The van der Waals surface area contributed by atoms with Crippen molar-refractivity contribution in [1.82, 2.24) is 19.5 Å². The Labute approximate surface area is 182 Å². The second kappa shape index (κ2) is 8.80. The van der Waals surface area contributed by atoms with E-state index in [2.05, 4.69) is 32.3 Å². The number of anilines is 2. The first-order valence-electron chi connectivity index (χ1n) is 11.4. The topological polar surface area (TPSA) is 114 Å². The lowest BCUT2D eigenvalue weighted by Gasteiger charge is -2.31. The number of rotatable bonds is 6. The zero-order valence-electron chi connectivity index (χ0n) is 17.7. The summed E-state index contributed by atoms with van der Waals surface area (Å²) in [5.41, 5.74) is 8.83. The molecule has 2 aromatic heterocycles. The van der Waals surface area contributed by atoms with Crippen molar-refractivity contribution in [3.8, 4) is 0 Å². The van der Waals surface area contributed by atoms with Gasteiger partial charge in [-0.2, -0.15) is 9.97 Å². The number of aromatic nitrogens is 4. The minimum atomic E-state index is -0.491. The molecular weight excluding hydrogens is 390 g/mol. The molecule has 2 fully saturated rings. The molecule has 8 nitrogen and oxygen atoms in total. The van der Waals surface area contributed by atoms with Crippen LogP contribution in [0.2, 0.25) is 0 Å². The summed E-state index contributed by atoms with van der Waals surface area (Å²) in [6.45, 7) is 0.666. The second-order valence-corrected chi connectivity index (χ2v) is 8.88. The van der Waals surface area contributed by atoms with Crippen molar-refractivity contribution in [3.05, 3.63) is 42.2 Å². The fourth-order valence-corrected chi connectivity index (χ4v) is 4.82. The number of imidazole rings is 1. The molecule has 0 saturated heterocycles. The Morgan fingerprint density at radius 3 is 2.65 bits per heavy atom. The van der Waals surface area contributed by atoms with Crippen LogP contribution in [0.1, 0.15) is 56.6 Å². The zero-order valence-corrected chi connectivity index (χ0v) is 17.7. The van der Waals surface area contributed by atoms with E-state index in [1.165, 1.54) is 18.4 Å². The molecule has 0 bridgehead atoms. The number of fused-ring (bicyclic) bond motifs is 1. The molecule has 5 rings (SSSR count). The Morgan fingerprint density at radius 1 is 1.06 bits per heavy atom. The number of aliphatic hydroxyl groups is 1. The van der Waals surface area contributed by atoms with Crippen LogP contribution in [0, 0.1) is 0 Å². The van der Waals surface area contributed by atoms with Crippen molar-refractivity contribution >= 4 is 22.9 Å². The Morgan fingerprint density at radius 2 is 1.87 bits per heavy atom. The van der Waals surface area contributed by atoms with E-state index in [-0.39, 0.29) is 12.1 Å². The molecule has 0 aliphatic heterocycles. The van der Waals surface area contributed by atoms with Gasteiger partial charge in [0.15, 0.2) is 17.0 Å². The van der Waals surface area contributed by atoms with Crippen LogP contribution in [0.3, 0.4) is 0 Å². The number of nitrogens with two attached hydrogens (primary N) is 1. The van der Waals surface area contributed by atoms with Crippen molar-refractivity contribution in [3.63, 3.8) is 0 Å². The first-order chi connectivity index (χ1) is 15.2. The van der Waals surface area contributed by atoms with Gasteiger partial charge in [0.2, 0.25) is 5.95 Å². The summed E-state index contributed by atoms with van der Waals surface area (Å²) >= 11 is 0. The molecule has 0 spiro atoms. The fourth-order valence-electron chi connectivity index (χ4n) is 4.82. The Kier molecular flexibility index (Phi) is 5.74. The summed E-state index contributed by atoms with van der Waals surface area (Å²) < 4.78 is 2.22. The highest BCUT2D eigenvalue weighted by Gasteiger charge is 2.28. The number of hydrogen-bond donors (Lipinski definition) is 4. The second-order valence-electron chi connectivity index (χ2n) is 8.88. The van der Waals surface area contributed by atoms with E-state index in [0.717, 1.165) is 42.7 Å².